The minimum absolute atomic E-state index is 0.265. The van der Waals surface area contributed by atoms with E-state index >= 15 is 0 Å². The Kier molecular flexibility index (Phi) is 3.87. The topological polar surface area (TPSA) is 54.1 Å². The molecule has 0 saturated carbocycles. The van der Waals surface area contributed by atoms with E-state index in [0.29, 0.717) is 13.2 Å². The molecule has 0 bridgehead atoms. The third kappa shape index (κ3) is 2.47. The number of ether oxygens (including phenoxy) is 1. The largest absolute Gasteiger partial charge is 0.494 e. The number of carbonyl (C=O) groups excluding carboxylic acids is 1. The lowest BCUT2D eigenvalue weighted by Crippen LogP contribution is -2.17. The fourth-order valence-corrected chi connectivity index (χ4v) is 2.12. The van der Waals surface area contributed by atoms with E-state index in [1.165, 1.54) is 5.56 Å². The van der Waals surface area contributed by atoms with Crippen molar-refractivity contribution in [2.24, 2.45) is 0 Å². The van der Waals surface area contributed by atoms with Crippen LogP contribution in [0.1, 0.15) is 25.3 Å². The highest BCUT2D eigenvalue weighted by Gasteiger charge is 2.11. The molecule has 4 heteroatoms. The van der Waals surface area contributed by atoms with Crippen LogP contribution in [0.5, 0.6) is 5.75 Å². The molecule has 2 rings (SSSR count). The molecule has 1 unspecified atom stereocenters. The summed E-state index contributed by atoms with van der Waals surface area (Å²) in [7, 11) is 0. The molecule has 2 N–H and O–H groups in total. The van der Waals surface area contributed by atoms with E-state index in [0.717, 1.165) is 23.1 Å². The molecular weight excluding hydrogens is 228 g/mol. The number of aromatic nitrogens is 1. The van der Waals surface area contributed by atoms with Crippen LogP contribution in [-0.4, -0.2) is 24.5 Å². The predicted octanol–water partition coefficient (Wildman–Crippen LogP) is 2.42. The molecule has 0 fully saturated rings. The summed E-state index contributed by atoms with van der Waals surface area (Å²) in [6.07, 6.45) is 2.73. The zero-order valence-electron chi connectivity index (χ0n) is 10.7. The minimum atomic E-state index is 0.265. The first kappa shape index (κ1) is 12.5. The Morgan fingerprint density at radius 3 is 3.06 bits per heavy atom. The Hall–Kier alpha value is -1.97. The second-order valence-corrected chi connectivity index (χ2v) is 4.31. The highest BCUT2D eigenvalue weighted by Crippen LogP contribution is 2.28. The van der Waals surface area contributed by atoms with Crippen LogP contribution in [0.25, 0.3) is 10.9 Å². The van der Waals surface area contributed by atoms with Crippen LogP contribution in [0.3, 0.4) is 0 Å². The first-order chi connectivity index (χ1) is 8.76. The van der Waals surface area contributed by atoms with E-state index in [1.807, 2.05) is 31.3 Å². The number of H-pyrrole nitrogens is 1. The molecule has 0 spiro atoms. The zero-order valence-corrected chi connectivity index (χ0v) is 10.7. The molecular formula is C14H18N2O2. The summed E-state index contributed by atoms with van der Waals surface area (Å²) in [6, 6.07) is 6.02. The summed E-state index contributed by atoms with van der Waals surface area (Å²) in [6.45, 7) is 5.36. The number of nitrogens with one attached hydrogen (secondary N) is 2. The molecule has 2 aromatic rings. The number of rotatable bonds is 6. The van der Waals surface area contributed by atoms with Crippen LogP contribution in [0, 0.1) is 0 Å². The Labute approximate surface area is 106 Å². The maximum atomic E-state index is 10.3. The lowest BCUT2D eigenvalue weighted by Gasteiger charge is -2.10. The van der Waals surface area contributed by atoms with Crippen LogP contribution in [0.2, 0.25) is 0 Å². The number of hydrogen-bond acceptors (Lipinski definition) is 2. The third-order valence-electron chi connectivity index (χ3n) is 3.03. The van der Waals surface area contributed by atoms with Crippen LogP contribution in [0.15, 0.2) is 24.4 Å². The van der Waals surface area contributed by atoms with Crippen molar-refractivity contribution in [3.63, 3.8) is 0 Å². The first-order valence-corrected chi connectivity index (χ1v) is 6.17. The lowest BCUT2D eigenvalue weighted by atomic mass is 10.0. The van der Waals surface area contributed by atoms with Crippen molar-refractivity contribution >= 4 is 17.3 Å². The molecule has 0 aliphatic carbocycles. The molecule has 1 aromatic heterocycles. The van der Waals surface area contributed by atoms with Crippen molar-refractivity contribution in [2.75, 3.05) is 13.2 Å². The van der Waals surface area contributed by atoms with Gasteiger partial charge in [0.25, 0.3) is 0 Å². The van der Waals surface area contributed by atoms with Gasteiger partial charge in [0.15, 0.2) is 0 Å². The van der Waals surface area contributed by atoms with Gasteiger partial charge in [-0.05, 0) is 30.7 Å². The van der Waals surface area contributed by atoms with Crippen molar-refractivity contribution in [1.29, 1.82) is 0 Å². The molecule has 0 aliphatic heterocycles. The first-order valence-electron chi connectivity index (χ1n) is 6.17. The number of fused-ring (bicyclic) bond motifs is 1. The Balaban J connectivity index is 2.32. The van der Waals surface area contributed by atoms with Gasteiger partial charge in [0.05, 0.1) is 6.61 Å². The summed E-state index contributed by atoms with van der Waals surface area (Å²) in [4.78, 5) is 13.6. The maximum absolute atomic E-state index is 10.3. The average molecular weight is 246 g/mol. The summed E-state index contributed by atoms with van der Waals surface area (Å²) in [5.74, 6) is 1.14. The smallest absolute Gasteiger partial charge is 0.207 e. The van der Waals surface area contributed by atoms with Gasteiger partial charge in [0.1, 0.15) is 5.75 Å². The molecule has 0 aliphatic rings. The molecule has 96 valence electrons. The Morgan fingerprint density at radius 1 is 1.50 bits per heavy atom. The predicted molar refractivity (Wildman–Crippen MR) is 71.9 cm³/mol. The highest BCUT2D eigenvalue weighted by atomic mass is 16.5. The number of amides is 1. The molecule has 1 atom stereocenters. The lowest BCUT2D eigenvalue weighted by molar-refractivity contribution is -0.109. The SMILES string of the molecule is CCOc1ccc2[nH]cc(C(C)CNC=O)c2c1. The van der Waals surface area contributed by atoms with Gasteiger partial charge in [-0.3, -0.25) is 4.79 Å². The Bertz CT molecular complexity index is 534. The van der Waals surface area contributed by atoms with E-state index < -0.39 is 0 Å². The van der Waals surface area contributed by atoms with Crippen molar-refractivity contribution in [2.45, 2.75) is 19.8 Å². The number of aromatic amines is 1. The maximum Gasteiger partial charge on any atom is 0.207 e. The van der Waals surface area contributed by atoms with E-state index in [4.69, 9.17) is 4.74 Å². The average Bonchev–Trinajstić information content (AvgIpc) is 2.79. The van der Waals surface area contributed by atoms with E-state index in [1.54, 1.807) is 0 Å². The second kappa shape index (κ2) is 5.58. The van der Waals surface area contributed by atoms with Gasteiger partial charge in [-0.25, -0.2) is 0 Å². The van der Waals surface area contributed by atoms with E-state index in [2.05, 4.69) is 17.2 Å². The third-order valence-corrected chi connectivity index (χ3v) is 3.03. The van der Waals surface area contributed by atoms with Crippen LogP contribution < -0.4 is 10.1 Å². The normalized spacial score (nSPS) is 12.3. The van der Waals surface area contributed by atoms with Crippen molar-refractivity contribution in [3.05, 3.63) is 30.0 Å². The fraction of sp³-hybridized carbons (Fsp3) is 0.357. The molecule has 18 heavy (non-hydrogen) atoms. The monoisotopic (exact) mass is 246 g/mol. The zero-order chi connectivity index (χ0) is 13.0. The van der Waals surface area contributed by atoms with Gasteiger partial charge in [-0.1, -0.05) is 6.92 Å². The van der Waals surface area contributed by atoms with Gasteiger partial charge >= 0.3 is 0 Å². The van der Waals surface area contributed by atoms with Crippen molar-refractivity contribution in [3.8, 4) is 5.75 Å². The minimum Gasteiger partial charge on any atom is -0.494 e. The number of benzene rings is 1. The summed E-state index contributed by atoms with van der Waals surface area (Å²) in [5, 5.41) is 3.87. The van der Waals surface area contributed by atoms with Gasteiger partial charge in [0.2, 0.25) is 6.41 Å². The van der Waals surface area contributed by atoms with Crippen LogP contribution >= 0.6 is 0 Å². The standard InChI is InChI=1S/C14H18N2O2/c1-3-18-11-4-5-14-12(6-11)13(8-16-14)10(2)7-15-9-17/h4-6,8-10,16H,3,7H2,1-2H3,(H,15,17). The second-order valence-electron chi connectivity index (χ2n) is 4.31. The molecule has 1 amide bonds. The fourth-order valence-electron chi connectivity index (χ4n) is 2.12. The molecule has 0 saturated heterocycles. The molecule has 1 aromatic carbocycles. The van der Waals surface area contributed by atoms with Crippen molar-refractivity contribution in [1.82, 2.24) is 10.3 Å². The van der Waals surface area contributed by atoms with E-state index in [9.17, 15) is 4.79 Å². The van der Waals surface area contributed by atoms with Crippen LogP contribution in [0.4, 0.5) is 0 Å². The molecule has 4 nitrogen and oxygen atoms in total. The highest BCUT2D eigenvalue weighted by molar-refractivity contribution is 5.85. The van der Waals surface area contributed by atoms with E-state index in [-0.39, 0.29) is 5.92 Å². The molecule has 1 heterocycles. The molecule has 0 radical (unpaired) electrons. The summed E-state index contributed by atoms with van der Waals surface area (Å²) < 4.78 is 5.51. The van der Waals surface area contributed by atoms with Gasteiger partial charge in [-0.2, -0.15) is 0 Å². The summed E-state index contributed by atoms with van der Waals surface area (Å²) in [5.41, 5.74) is 2.28. The Morgan fingerprint density at radius 2 is 2.33 bits per heavy atom. The summed E-state index contributed by atoms with van der Waals surface area (Å²) >= 11 is 0. The van der Waals surface area contributed by atoms with Crippen LogP contribution in [-0.2, 0) is 4.79 Å². The van der Waals surface area contributed by atoms with Gasteiger partial charge < -0.3 is 15.0 Å². The van der Waals surface area contributed by atoms with Gasteiger partial charge in [0, 0.05) is 29.6 Å². The number of hydrogen-bond donors (Lipinski definition) is 2. The van der Waals surface area contributed by atoms with Gasteiger partial charge in [-0.15, -0.1) is 0 Å². The quantitative estimate of drug-likeness (QED) is 0.769. The van der Waals surface area contributed by atoms with Crippen molar-refractivity contribution < 1.29 is 9.53 Å². The number of carbonyl (C=O) groups is 1.